The molecular formula is C26H23F6N3O3S. The van der Waals surface area contributed by atoms with Gasteiger partial charge in [-0.2, -0.15) is 26.3 Å². The van der Waals surface area contributed by atoms with E-state index in [1.807, 2.05) is 6.92 Å². The van der Waals surface area contributed by atoms with Gasteiger partial charge in [0.2, 0.25) is 0 Å². The molecule has 0 saturated carbocycles. The number of rotatable bonds is 6. The molecule has 0 bridgehead atoms. The molecule has 1 amide bonds. The van der Waals surface area contributed by atoms with Crippen LogP contribution in [0, 0.1) is 6.92 Å². The Labute approximate surface area is 222 Å². The van der Waals surface area contributed by atoms with Gasteiger partial charge in [0.15, 0.2) is 11.0 Å². The van der Waals surface area contributed by atoms with E-state index in [4.69, 9.17) is 0 Å². The summed E-state index contributed by atoms with van der Waals surface area (Å²) in [6.07, 6.45) is -9.01. The quantitative estimate of drug-likeness (QED) is 0.409. The summed E-state index contributed by atoms with van der Waals surface area (Å²) in [7, 11) is -1.93. The van der Waals surface area contributed by atoms with Crippen molar-refractivity contribution in [1.82, 2.24) is 10.3 Å². The molecule has 3 aromatic rings. The van der Waals surface area contributed by atoms with Crippen LogP contribution in [0.25, 0.3) is 0 Å². The zero-order valence-corrected chi connectivity index (χ0v) is 21.2. The van der Waals surface area contributed by atoms with Crippen LogP contribution in [0.3, 0.4) is 0 Å². The maximum Gasteiger partial charge on any atom is 0.430 e. The molecule has 0 saturated heterocycles. The van der Waals surface area contributed by atoms with Crippen molar-refractivity contribution in [2.45, 2.75) is 48.7 Å². The number of anilines is 1. The third-order valence-electron chi connectivity index (χ3n) is 6.48. The number of nitrogens with zero attached hydrogens (tertiary/aromatic N) is 2. The number of aryl methyl sites for hydroxylation is 2. The third-order valence-corrected chi connectivity index (χ3v) is 8.00. The third kappa shape index (κ3) is 5.50. The van der Waals surface area contributed by atoms with Crippen LogP contribution in [0.5, 0.6) is 0 Å². The number of aliphatic hydroxyl groups is 1. The van der Waals surface area contributed by atoms with E-state index < -0.39 is 46.5 Å². The lowest BCUT2D eigenvalue weighted by atomic mass is 9.88. The van der Waals surface area contributed by atoms with E-state index in [0.717, 1.165) is 11.6 Å². The van der Waals surface area contributed by atoms with Crippen molar-refractivity contribution in [3.05, 3.63) is 89.2 Å². The fourth-order valence-electron chi connectivity index (χ4n) is 4.34. The fraction of sp³-hybridized carbons (Fsp3) is 0.308. The molecule has 2 aromatic carbocycles. The minimum atomic E-state index is -6.03. The number of hydrogen-bond donors (Lipinski definition) is 2. The summed E-state index contributed by atoms with van der Waals surface area (Å²) in [6.45, 7) is 1.82. The van der Waals surface area contributed by atoms with Gasteiger partial charge in [-0.3, -0.25) is 14.1 Å². The molecule has 4 rings (SSSR count). The van der Waals surface area contributed by atoms with Gasteiger partial charge in [0.1, 0.15) is 0 Å². The molecule has 208 valence electrons. The predicted molar refractivity (Wildman–Crippen MR) is 131 cm³/mol. The summed E-state index contributed by atoms with van der Waals surface area (Å²) in [5.41, 5.74) is -5.05. The highest BCUT2D eigenvalue weighted by molar-refractivity contribution is 7.86. The number of carbonyl (C=O) groups is 1. The fourth-order valence-corrected chi connectivity index (χ4v) is 5.75. The highest BCUT2D eigenvalue weighted by Crippen LogP contribution is 2.51. The minimum absolute atomic E-state index is 0.00497. The standard InChI is InChI=1S/C26H23F6N3O3S/c1-16-2-7-21(8-3-16)39(38)35-20(15-34-23(36)17-10-12-33-13-11-17)6-4-18-14-19(5-9-22(18)35)24(37,25(27,28)29)26(30,31)32/h2-3,5,7-14,20,37H,4,6,15H2,1H3,(H,34,36)/t20-,39?/m0/s1. The first-order valence-electron chi connectivity index (χ1n) is 11.7. The molecule has 0 fully saturated rings. The number of pyridine rings is 1. The van der Waals surface area contributed by atoms with Gasteiger partial charge >= 0.3 is 12.4 Å². The molecule has 2 N–H and O–H groups in total. The summed E-state index contributed by atoms with van der Waals surface area (Å²) in [5, 5.41) is 12.6. The van der Waals surface area contributed by atoms with Gasteiger partial charge in [-0.15, -0.1) is 0 Å². The van der Waals surface area contributed by atoms with Crippen LogP contribution in [0.4, 0.5) is 32.0 Å². The molecule has 1 aliphatic heterocycles. The number of amides is 1. The number of carbonyl (C=O) groups excluding carboxylic acids is 1. The van der Waals surface area contributed by atoms with Gasteiger partial charge in [0.05, 0.1) is 16.6 Å². The first kappa shape index (κ1) is 28.6. The number of hydrogen-bond acceptors (Lipinski definition) is 4. The number of aromatic nitrogens is 1. The molecule has 2 heterocycles. The molecule has 1 unspecified atom stereocenters. The molecule has 13 heteroatoms. The maximum atomic E-state index is 13.7. The largest absolute Gasteiger partial charge is 0.430 e. The average Bonchev–Trinajstić information content (AvgIpc) is 2.89. The van der Waals surface area contributed by atoms with Crippen LogP contribution in [0.15, 0.2) is 71.9 Å². The van der Waals surface area contributed by atoms with Crippen molar-refractivity contribution in [3.63, 3.8) is 0 Å². The topological polar surface area (TPSA) is 82.5 Å². The molecule has 0 spiro atoms. The van der Waals surface area contributed by atoms with Crippen molar-refractivity contribution in [2.24, 2.45) is 0 Å². The number of benzene rings is 2. The van der Waals surface area contributed by atoms with Crippen molar-refractivity contribution in [1.29, 1.82) is 0 Å². The second kappa shape index (κ2) is 10.6. The van der Waals surface area contributed by atoms with Crippen LogP contribution in [0.1, 0.15) is 33.5 Å². The highest BCUT2D eigenvalue weighted by atomic mass is 32.2. The first-order chi connectivity index (χ1) is 18.2. The van der Waals surface area contributed by atoms with Gasteiger partial charge < -0.3 is 10.4 Å². The summed E-state index contributed by atoms with van der Waals surface area (Å²) in [5.74, 6) is -0.431. The molecule has 1 aromatic heterocycles. The molecule has 2 atom stereocenters. The maximum absolute atomic E-state index is 13.7. The Morgan fingerprint density at radius 3 is 2.23 bits per heavy atom. The van der Waals surface area contributed by atoms with E-state index in [1.54, 1.807) is 24.3 Å². The van der Waals surface area contributed by atoms with Crippen molar-refractivity contribution >= 4 is 22.6 Å². The molecule has 1 aliphatic rings. The first-order valence-corrected chi connectivity index (χ1v) is 12.8. The summed E-state index contributed by atoms with van der Waals surface area (Å²) in [6, 6.07) is 11.2. The lowest BCUT2D eigenvalue weighted by Gasteiger charge is -2.39. The second-order valence-electron chi connectivity index (χ2n) is 9.08. The zero-order valence-electron chi connectivity index (χ0n) is 20.4. The lowest BCUT2D eigenvalue weighted by molar-refractivity contribution is -0.376. The van der Waals surface area contributed by atoms with E-state index >= 15 is 0 Å². The Morgan fingerprint density at radius 2 is 1.64 bits per heavy atom. The predicted octanol–water partition coefficient (Wildman–Crippen LogP) is 4.98. The summed E-state index contributed by atoms with van der Waals surface area (Å²) >= 11 is 0. The number of fused-ring (bicyclic) bond motifs is 1. The van der Waals surface area contributed by atoms with E-state index in [1.165, 1.54) is 28.8 Å². The van der Waals surface area contributed by atoms with Crippen LogP contribution >= 0.6 is 0 Å². The van der Waals surface area contributed by atoms with Crippen molar-refractivity contribution in [2.75, 3.05) is 10.8 Å². The molecular weight excluding hydrogens is 548 g/mol. The van der Waals surface area contributed by atoms with Gasteiger partial charge in [0, 0.05) is 30.1 Å². The minimum Gasteiger partial charge on any atom is -0.369 e. The molecule has 39 heavy (non-hydrogen) atoms. The monoisotopic (exact) mass is 571 g/mol. The Morgan fingerprint density at radius 1 is 1.03 bits per heavy atom. The lowest BCUT2D eigenvalue weighted by Crippen LogP contribution is -2.54. The van der Waals surface area contributed by atoms with Crippen LogP contribution in [0.2, 0.25) is 0 Å². The Bertz CT molecular complexity index is 1350. The Hall–Kier alpha value is -3.45. The Balaban J connectivity index is 1.73. The van der Waals surface area contributed by atoms with E-state index in [9.17, 15) is 40.5 Å². The van der Waals surface area contributed by atoms with Crippen LogP contribution in [-0.4, -0.2) is 45.1 Å². The van der Waals surface area contributed by atoms with E-state index in [0.29, 0.717) is 22.6 Å². The van der Waals surface area contributed by atoms with E-state index in [-0.39, 0.29) is 30.6 Å². The van der Waals surface area contributed by atoms with Gasteiger partial charge in [0.25, 0.3) is 11.5 Å². The molecule has 6 nitrogen and oxygen atoms in total. The number of nitrogens with one attached hydrogen (secondary N) is 1. The van der Waals surface area contributed by atoms with Crippen molar-refractivity contribution < 1.29 is 40.5 Å². The Kier molecular flexibility index (Phi) is 7.77. The normalized spacial score (nSPS) is 16.9. The number of alkyl halides is 6. The van der Waals surface area contributed by atoms with Gasteiger partial charge in [-0.25, -0.2) is 4.21 Å². The SMILES string of the molecule is Cc1ccc(S(=O)N2c3ccc(C(O)(C(F)(F)F)C(F)(F)F)cc3CC[C@H]2CNC(=O)c2ccncc2)cc1. The van der Waals surface area contributed by atoms with Gasteiger partial charge in [-0.1, -0.05) is 29.8 Å². The summed E-state index contributed by atoms with van der Waals surface area (Å²) in [4.78, 5) is 16.8. The van der Waals surface area contributed by atoms with Crippen molar-refractivity contribution in [3.8, 4) is 0 Å². The summed E-state index contributed by atoms with van der Waals surface area (Å²) < 4.78 is 96.0. The smallest absolute Gasteiger partial charge is 0.369 e. The van der Waals surface area contributed by atoms with Crippen LogP contribution < -0.4 is 9.62 Å². The average molecular weight is 572 g/mol. The second-order valence-corrected chi connectivity index (χ2v) is 10.4. The zero-order chi connectivity index (χ0) is 28.6. The van der Waals surface area contributed by atoms with Crippen LogP contribution in [-0.2, 0) is 23.0 Å². The van der Waals surface area contributed by atoms with E-state index in [2.05, 4.69) is 10.3 Å². The molecule has 0 radical (unpaired) electrons. The number of halogens is 6. The highest BCUT2D eigenvalue weighted by Gasteiger charge is 2.71. The van der Waals surface area contributed by atoms with Gasteiger partial charge in [-0.05, 0) is 55.7 Å². The molecule has 0 aliphatic carbocycles.